The van der Waals surface area contributed by atoms with Gasteiger partial charge in [0.25, 0.3) is 0 Å². The summed E-state index contributed by atoms with van der Waals surface area (Å²) in [7, 11) is 0. The maximum Gasteiger partial charge on any atom is 0.316 e. The Morgan fingerprint density at radius 3 is 0.991 bits per heavy atom. The minimum Gasteiger partial charge on any atom is -0.425 e. The summed E-state index contributed by atoms with van der Waals surface area (Å²) in [5.41, 5.74) is -1.22. The first-order valence-electron chi connectivity index (χ1n) is 40.7. The van der Waals surface area contributed by atoms with Gasteiger partial charge in [-0.25, -0.2) is 0 Å². The topological polar surface area (TPSA) is 186 Å². The van der Waals surface area contributed by atoms with Crippen LogP contribution in [-0.2, 0) is 41.6 Å². The molecule has 9 aromatic rings. The molecule has 9 aromatic carbocycles. The Balaban J connectivity index is 0.000000128. The maximum absolute atomic E-state index is 13.1. The molecule has 0 aromatic heterocycles. The van der Waals surface area contributed by atoms with Gasteiger partial charge in [0.1, 0.15) is 23.0 Å². The monoisotopic (exact) mass is 1460 g/mol. The summed E-state index contributed by atoms with van der Waals surface area (Å²) in [5.74, 6) is 4.68. The molecule has 0 radical (unpaired) electrons. The molecule has 8 fully saturated rings. The predicted molar refractivity (Wildman–Crippen MR) is 432 cm³/mol. The second-order valence-electron chi connectivity index (χ2n) is 35.7. The van der Waals surface area contributed by atoms with Gasteiger partial charge >= 0.3 is 23.9 Å². The van der Waals surface area contributed by atoms with Crippen LogP contribution in [0, 0.1) is 57.2 Å². The first-order chi connectivity index (χ1) is 51.4. The number of esters is 4. The molecule has 0 saturated heterocycles. The molecule has 12 heteroatoms. The van der Waals surface area contributed by atoms with E-state index in [0.29, 0.717) is 53.1 Å². The number of fused-ring (bicyclic) bond motifs is 7. The highest BCUT2D eigenvalue weighted by Gasteiger charge is 2.58. The Labute approximate surface area is 639 Å². The van der Waals surface area contributed by atoms with Crippen molar-refractivity contribution in [3.8, 4) is 23.0 Å². The smallest absolute Gasteiger partial charge is 0.316 e. The van der Waals surface area contributed by atoms with Gasteiger partial charge in [-0.2, -0.15) is 0 Å². The molecule has 0 heterocycles. The van der Waals surface area contributed by atoms with Crippen LogP contribution in [0.5, 0.6) is 23.0 Å². The molecule has 572 valence electrons. The van der Waals surface area contributed by atoms with Crippen molar-refractivity contribution in [3.63, 3.8) is 0 Å². The van der Waals surface area contributed by atoms with Crippen LogP contribution in [0.3, 0.4) is 0 Å². The summed E-state index contributed by atoms with van der Waals surface area (Å²) in [4.78, 5) is 50.6. The van der Waals surface area contributed by atoms with Crippen LogP contribution < -0.4 is 18.9 Å². The van der Waals surface area contributed by atoms with Crippen molar-refractivity contribution in [1.82, 2.24) is 0 Å². The lowest BCUT2D eigenvalue weighted by Gasteiger charge is -2.59. The molecule has 3 atom stereocenters. The van der Waals surface area contributed by atoms with Gasteiger partial charge in [0, 0.05) is 26.9 Å². The van der Waals surface area contributed by atoms with Gasteiger partial charge in [0.2, 0.25) is 0 Å². The van der Waals surface area contributed by atoms with Crippen molar-refractivity contribution in [3.05, 3.63) is 180 Å². The van der Waals surface area contributed by atoms with Crippen LogP contribution in [0.25, 0.3) is 53.9 Å². The lowest BCUT2D eigenvalue weighted by Crippen LogP contribution is -2.55. The van der Waals surface area contributed by atoms with Crippen molar-refractivity contribution in [2.45, 2.75) is 247 Å². The van der Waals surface area contributed by atoms with Crippen LogP contribution >= 0.6 is 0 Å². The number of hydrogen-bond donors (Lipinski definition) is 4. The highest BCUT2D eigenvalue weighted by Crippen LogP contribution is 2.64. The number of rotatable bonds is 16. The van der Waals surface area contributed by atoms with E-state index in [4.69, 9.17) is 18.9 Å². The summed E-state index contributed by atoms with van der Waals surface area (Å²) in [6, 6.07) is 51.5. The van der Waals surface area contributed by atoms with Gasteiger partial charge < -0.3 is 39.4 Å². The van der Waals surface area contributed by atoms with Crippen molar-refractivity contribution in [2.24, 2.45) is 57.2 Å². The van der Waals surface area contributed by atoms with Crippen LogP contribution in [0.4, 0.5) is 0 Å². The summed E-state index contributed by atoms with van der Waals surface area (Å²) >= 11 is 0. The Hall–Kier alpha value is -8.00. The van der Waals surface area contributed by atoms with E-state index < -0.39 is 44.1 Å². The number of carbonyl (C=O) groups excluding carboxylic acids is 4. The Bertz CT molecular complexity index is 4740. The van der Waals surface area contributed by atoms with E-state index in [1.165, 1.54) is 19.3 Å². The molecule has 0 amide bonds. The molecule has 8 saturated carbocycles. The maximum atomic E-state index is 13.1. The van der Waals surface area contributed by atoms with Gasteiger partial charge in [-0.05, 0) is 267 Å². The predicted octanol–water partition coefficient (Wildman–Crippen LogP) is 22.4. The van der Waals surface area contributed by atoms with Crippen molar-refractivity contribution >= 4 is 77.7 Å². The zero-order valence-corrected chi connectivity index (χ0v) is 66.1. The van der Waals surface area contributed by atoms with Gasteiger partial charge in [-0.3, -0.25) is 19.2 Å². The van der Waals surface area contributed by atoms with Crippen LogP contribution in [0.15, 0.2) is 158 Å². The lowest BCUT2D eigenvalue weighted by molar-refractivity contribution is -0.177. The third kappa shape index (κ3) is 14.9. The molecule has 108 heavy (non-hydrogen) atoms. The third-order valence-electron chi connectivity index (χ3n) is 27.3. The average Bonchev–Trinajstić information content (AvgIpc) is 0.865. The Morgan fingerprint density at radius 1 is 0.343 bits per heavy atom. The van der Waals surface area contributed by atoms with Crippen molar-refractivity contribution in [2.75, 3.05) is 0 Å². The average molecular weight is 1460 g/mol. The van der Waals surface area contributed by atoms with E-state index in [1.54, 1.807) is 0 Å². The SMILES string of the molecule is CCC(C)(C)C(=O)Oc1c2ccccc2c(C2(O)C3CC4CC(C3)CC2C4)c2ccccc12.CCC(C)(C)C(=O)Oc1ccc(C2(O)CC3CCC2C3)c2ccccc12.CCC(C)(C)C(=O)Oc1ccc(C2(O)CCCC2)c2ccccc12.CCC(C)(C)C(=O)Oc1ccc(C2(O)CCCCC2)c2ccccc12. The van der Waals surface area contributed by atoms with Crippen molar-refractivity contribution < 1.29 is 58.6 Å². The molecule has 6 bridgehead atoms. The molecule has 8 aliphatic carbocycles. The zero-order valence-electron chi connectivity index (χ0n) is 66.1. The molecular formula is C96H116O12. The first kappa shape index (κ1) is 78.1. The van der Waals surface area contributed by atoms with E-state index in [1.807, 2.05) is 229 Å². The van der Waals surface area contributed by atoms with E-state index in [-0.39, 0.29) is 23.9 Å². The van der Waals surface area contributed by atoms with Gasteiger partial charge in [-0.1, -0.05) is 199 Å². The number of aliphatic hydroxyl groups is 4. The molecule has 0 spiro atoms. The summed E-state index contributed by atoms with van der Waals surface area (Å²) in [5, 5.41) is 55.8. The molecular weight excluding hydrogens is 1350 g/mol. The number of hydrogen-bond acceptors (Lipinski definition) is 12. The molecule has 8 aliphatic rings. The van der Waals surface area contributed by atoms with Crippen LogP contribution in [-0.4, -0.2) is 44.3 Å². The number of ether oxygens (including phenoxy) is 4. The normalized spacial score (nSPS) is 24.0. The van der Waals surface area contributed by atoms with E-state index >= 15 is 0 Å². The van der Waals surface area contributed by atoms with Gasteiger partial charge in [0.05, 0.1) is 44.1 Å². The summed E-state index contributed by atoms with van der Waals surface area (Å²) in [6.45, 7) is 23.3. The number of benzene rings is 9. The second kappa shape index (κ2) is 30.7. The fraction of sp³-hybridized carbons (Fsp3) is 0.500. The van der Waals surface area contributed by atoms with Crippen LogP contribution in [0.1, 0.15) is 247 Å². The second-order valence-corrected chi connectivity index (χ2v) is 35.7. The highest BCUT2D eigenvalue weighted by atomic mass is 16.6. The van der Waals surface area contributed by atoms with E-state index in [0.717, 1.165) is 204 Å². The molecule has 12 nitrogen and oxygen atoms in total. The van der Waals surface area contributed by atoms with E-state index in [2.05, 4.69) is 12.1 Å². The lowest BCUT2D eigenvalue weighted by atomic mass is 9.48. The van der Waals surface area contributed by atoms with E-state index in [9.17, 15) is 39.6 Å². The fourth-order valence-electron chi connectivity index (χ4n) is 19.0. The third-order valence-corrected chi connectivity index (χ3v) is 27.3. The molecule has 0 aliphatic heterocycles. The minimum atomic E-state index is -0.822. The molecule has 3 unspecified atom stereocenters. The quantitative estimate of drug-likeness (QED) is 0.0408. The fourth-order valence-corrected chi connectivity index (χ4v) is 19.0. The molecule has 4 N–H and O–H groups in total. The summed E-state index contributed by atoms with van der Waals surface area (Å²) < 4.78 is 23.4. The Morgan fingerprint density at radius 2 is 0.648 bits per heavy atom. The first-order valence-corrected chi connectivity index (χ1v) is 40.7. The minimum absolute atomic E-state index is 0.207. The zero-order chi connectivity index (χ0) is 76.9. The highest BCUT2D eigenvalue weighted by molar-refractivity contribution is 6.10. The van der Waals surface area contributed by atoms with Gasteiger partial charge in [0.15, 0.2) is 0 Å². The summed E-state index contributed by atoms with van der Waals surface area (Å²) in [6.07, 6.45) is 21.6. The number of carbonyl (C=O) groups is 4. The van der Waals surface area contributed by atoms with Crippen LogP contribution in [0.2, 0.25) is 0 Å². The Kier molecular flexibility index (Phi) is 22.2. The van der Waals surface area contributed by atoms with Gasteiger partial charge in [-0.15, -0.1) is 0 Å². The standard InChI is InChI=1S/C30H34O3.C23H28O3.C22H28O3.C21H26O3/c1-4-29(2,3)28(31)33-27-24-11-7-5-9-22(24)26(23-10-6-8-12-25(23)27)30(32)20-14-18-13-19(16-20)17-21(30)15-18;1-4-22(2,3)21(24)26-20-12-11-19(17-7-5-6-8-18(17)20)23(25)14-15-9-10-16(23)13-15;1-4-21(2,3)20(23)25-19-13-12-18(16-10-6-7-11-17(16)19)22(24)14-8-5-9-15-22;1-4-20(2,3)19(22)24-18-12-11-17(21(23)13-7-8-14-21)15-9-5-6-10-16(15)18/h5-12,18-21,32H,4,13-17H2,1-3H3;5-8,11-12,15-16,25H,4,9-10,13-14H2,1-3H3;6-7,10-13,24H,4-5,8-9,14-15H2,1-3H3;5-6,9-12,23H,4,7-8,13-14H2,1-3H3. The largest absolute Gasteiger partial charge is 0.425 e. The molecule has 17 rings (SSSR count). The van der Waals surface area contributed by atoms with Crippen molar-refractivity contribution in [1.29, 1.82) is 0 Å².